The van der Waals surface area contributed by atoms with Crippen LogP contribution in [0.1, 0.15) is 11.1 Å². The molecule has 0 saturated carbocycles. The van der Waals surface area contributed by atoms with Crippen molar-refractivity contribution < 1.29 is 4.39 Å². The van der Waals surface area contributed by atoms with E-state index in [9.17, 15) is 4.39 Å². The number of hydrogen-bond acceptors (Lipinski definition) is 1. The Bertz CT molecular complexity index is 462. The Morgan fingerprint density at radius 3 is 2.38 bits per heavy atom. The van der Waals surface area contributed by atoms with Crippen LogP contribution in [0.25, 0.3) is 0 Å². The summed E-state index contributed by atoms with van der Waals surface area (Å²) in [5, 5.41) is 0. The Morgan fingerprint density at radius 1 is 1.00 bits per heavy atom. The van der Waals surface area contributed by atoms with Crippen LogP contribution in [0.15, 0.2) is 53.4 Å². The van der Waals surface area contributed by atoms with Crippen LogP contribution in [0.4, 0.5) is 4.39 Å². The molecule has 0 heterocycles. The van der Waals surface area contributed by atoms with Gasteiger partial charge in [-0.25, -0.2) is 4.39 Å². The Morgan fingerprint density at radius 2 is 1.75 bits per heavy atom. The average molecular weight is 232 g/mol. The van der Waals surface area contributed by atoms with Gasteiger partial charge in [-0.2, -0.15) is 0 Å². The zero-order valence-electron chi connectivity index (χ0n) is 9.11. The standard InChI is InChI=1S/C14H13FS/c1-16-14-7-5-11(6-8-14)9-12-3-2-4-13(15)10-12/h2-8,10H,9H2,1H3. The molecule has 0 aliphatic carbocycles. The maximum Gasteiger partial charge on any atom is 0.123 e. The lowest BCUT2D eigenvalue weighted by atomic mass is 10.1. The van der Waals surface area contributed by atoms with Gasteiger partial charge in [-0.05, 0) is 48.1 Å². The predicted molar refractivity (Wildman–Crippen MR) is 67.4 cm³/mol. The van der Waals surface area contributed by atoms with Gasteiger partial charge in [-0.1, -0.05) is 24.3 Å². The maximum atomic E-state index is 13.0. The number of thioether (sulfide) groups is 1. The Labute approximate surface area is 99.5 Å². The van der Waals surface area contributed by atoms with Crippen molar-refractivity contribution in [1.82, 2.24) is 0 Å². The smallest absolute Gasteiger partial charge is 0.123 e. The minimum atomic E-state index is -0.168. The molecule has 0 aliphatic rings. The molecule has 0 amide bonds. The van der Waals surface area contributed by atoms with E-state index in [-0.39, 0.29) is 5.82 Å². The third-order valence-electron chi connectivity index (χ3n) is 2.46. The Kier molecular flexibility index (Phi) is 3.62. The molecule has 0 radical (unpaired) electrons. The summed E-state index contributed by atoms with van der Waals surface area (Å²) in [6.45, 7) is 0. The molecule has 2 heteroatoms. The summed E-state index contributed by atoms with van der Waals surface area (Å²) in [7, 11) is 0. The summed E-state index contributed by atoms with van der Waals surface area (Å²) in [6.07, 6.45) is 2.84. The maximum absolute atomic E-state index is 13.0. The molecule has 2 rings (SSSR count). The second-order valence-corrected chi connectivity index (χ2v) is 4.53. The SMILES string of the molecule is CSc1ccc(Cc2cccc(F)c2)cc1. The predicted octanol–water partition coefficient (Wildman–Crippen LogP) is 4.14. The van der Waals surface area contributed by atoms with Crippen molar-refractivity contribution in [3.05, 3.63) is 65.5 Å². The lowest BCUT2D eigenvalue weighted by molar-refractivity contribution is 0.626. The number of halogens is 1. The zero-order valence-corrected chi connectivity index (χ0v) is 9.93. The molecule has 0 nitrogen and oxygen atoms in total. The first-order valence-corrected chi connectivity index (χ1v) is 6.38. The van der Waals surface area contributed by atoms with E-state index in [2.05, 4.69) is 30.5 Å². The molecule has 2 aromatic carbocycles. The van der Waals surface area contributed by atoms with Crippen molar-refractivity contribution >= 4 is 11.8 Å². The van der Waals surface area contributed by atoms with Crippen LogP contribution >= 0.6 is 11.8 Å². The van der Waals surface area contributed by atoms with Crippen molar-refractivity contribution in [2.75, 3.05) is 6.26 Å². The van der Waals surface area contributed by atoms with Crippen molar-refractivity contribution in [2.24, 2.45) is 0 Å². The lowest BCUT2D eigenvalue weighted by Crippen LogP contribution is -1.88. The highest BCUT2D eigenvalue weighted by Crippen LogP contribution is 2.17. The van der Waals surface area contributed by atoms with Gasteiger partial charge in [0.2, 0.25) is 0 Å². The normalized spacial score (nSPS) is 10.4. The summed E-state index contributed by atoms with van der Waals surface area (Å²) < 4.78 is 13.0. The van der Waals surface area contributed by atoms with Crippen molar-refractivity contribution in [2.45, 2.75) is 11.3 Å². The molecule has 0 fully saturated rings. The van der Waals surface area contributed by atoms with Crippen molar-refractivity contribution in [3.8, 4) is 0 Å². The van der Waals surface area contributed by atoms with E-state index < -0.39 is 0 Å². The van der Waals surface area contributed by atoms with Crippen LogP contribution in [-0.4, -0.2) is 6.26 Å². The Balaban J connectivity index is 2.14. The third kappa shape index (κ3) is 2.86. The molecule has 0 saturated heterocycles. The van der Waals surface area contributed by atoms with Crippen LogP contribution in [0.3, 0.4) is 0 Å². The molecule has 0 unspecified atom stereocenters. The highest BCUT2D eigenvalue weighted by molar-refractivity contribution is 7.98. The van der Waals surface area contributed by atoms with Crippen molar-refractivity contribution in [3.63, 3.8) is 0 Å². The van der Waals surface area contributed by atoms with Crippen molar-refractivity contribution in [1.29, 1.82) is 0 Å². The minimum Gasteiger partial charge on any atom is -0.207 e. The van der Waals surface area contributed by atoms with E-state index in [4.69, 9.17) is 0 Å². The molecule has 82 valence electrons. The second kappa shape index (κ2) is 5.17. The molecular formula is C14H13FS. The summed E-state index contributed by atoms with van der Waals surface area (Å²) in [6, 6.07) is 15.1. The fraction of sp³-hybridized carbons (Fsp3) is 0.143. The van der Waals surface area contributed by atoms with E-state index in [0.717, 1.165) is 12.0 Å². The summed E-state index contributed by atoms with van der Waals surface area (Å²) >= 11 is 1.73. The second-order valence-electron chi connectivity index (χ2n) is 3.65. The first-order valence-electron chi connectivity index (χ1n) is 5.15. The summed E-state index contributed by atoms with van der Waals surface area (Å²) in [4.78, 5) is 1.25. The molecule has 0 aliphatic heterocycles. The Hall–Kier alpha value is -1.28. The van der Waals surface area contributed by atoms with E-state index in [0.29, 0.717) is 0 Å². The van der Waals surface area contributed by atoms with Gasteiger partial charge in [0.15, 0.2) is 0 Å². The highest BCUT2D eigenvalue weighted by atomic mass is 32.2. The lowest BCUT2D eigenvalue weighted by Gasteiger charge is -2.03. The fourth-order valence-electron chi connectivity index (χ4n) is 1.63. The first-order chi connectivity index (χ1) is 7.78. The monoisotopic (exact) mass is 232 g/mol. The largest absolute Gasteiger partial charge is 0.207 e. The molecular weight excluding hydrogens is 219 g/mol. The van der Waals surface area contributed by atoms with Gasteiger partial charge < -0.3 is 0 Å². The van der Waals surface area contributed by atoms with Gasteiger partial charge in [-0.15, -0.1) is 11.8 Å². The van der Waals surface area contributed by atoms with Gasteiger partial charge in [0.1, 0.15) is 5.82 Å². The van der Waals surface area contributed by atoms with Gasteiger partial charge in [0.25, 0.3) is 0 Å². The zero-order chi connectivity index (χ0) is 11.4. The van der Waals surface area contributed by atoms with Gasteiger partial charge in [0.05, 0.1) is 0 Å². The van der Waals surface area contributed by atoms with Gasteiger partial charge in [-0.3, -0.25) is 0 Å². The molecule has 16 heavy (non-hydrogen) atoms. The molecule has 0 atom stereocenters. The highest BCUT2D eigenvalue weighted by Gasteiger charge is 1.98. The summed E-state index contributed by atoms with van der Waals surface area (Å²) in [5.41, 5.74) is 2.22. The molecule has 0 aromatic heterocycles. The number of hydrogen-bond donors (Lipinski definition) is 0. The van der Waals surface area contributed by atoms with E-state index >= 15 is 0 Å². The fourth-order valence-corrected chi connectivity index (χ4v) is 2.03. The van der Waals surface area contributed by atoms with Crippen LogP contribution in [0.5, 0.6) is 0 Å². The molecule has 0 bridgehead atoms. The molecule has 0 N–H and O–H groups in total. The topological polar surface area (TPSA) is 0 Å². The number of benzene rings is 2. The quantitative estimate of drug-likeness (QED) is 0.717. The first kappa shape index (κ1) is 11.2. The third-order valence-corrected chi connectivity index (χ3v) is 3.20. The molecule has 2 aromatic rings. The van der Waals surface area contributed by atoms with Crippen LogP contribution in [0, 0.1) is 5.82 Å². The van der Waals surface area contributed by atoms with Crippen LogP contribution in [-0.2, 0) is 6.42 Å². The molecule has 0 spiro atoms. The van der Waals surface area contributed by atoms with E-state index in [1.165, 1.54) is 16.5 Å². The van der Waals surface area contributed by atoms with E-state index in [1.807, 2.05) is 6.07 Å². The van der Waals surface area contributed by atoms with Gasteiger partial charge in [0, 0.05) is 4.90 Å². The summed E-state index contributed by atoms with van der Waals surface area (Å²) in [5.74, 6) is -0.168. The minimum absolute atomic E-state index is 0.168. The van der Waals surface area contributed by atoms with Gasteiger partial charge >= 0.3 is 0 Å². The van der Waals surface area contributed by atoms with E-state index in [1.54, 1.807) is 23.9 Å². The van der Waals surface area contributed by atoms with Crippen LogP contribution < -0.4 is 0 Å². The average Bonchev–Trinajstić information content (AvgIpc) is 2.30. The number of rotatable bonds is 3. The van der Waals surface area contributed by atoms with Crippen LogP contribution in [0.2, 0.25) is 0 Å².